The van der Waals surface area contributed by atoms with Crippen LogP contribution in [0.5, 0.6) is 0 Å². The molecule has 0 aromatic heterocycles. The van der Waals surface area contributed by atoms with Gasteiger partial charge in [0.25, 0.3) is 0 Å². The second-order valence-electron chi connectivity index (χ2n) is 5.34. The van der Waals surface area contributed by atoms with Crippen LogP contribution in [0.15, 0.2) is 30.3 Å². The first-order valence-corrected chi connectivity index (χ1v) is 6.95. The van der Waals surface area contributed by atoms with Crippen molar-refractivity contribution in [1.82, 2.24) is 5.32 Å². The Morgan fingerprint density at radius 2 is 2.00 bits per heavy atom. The molecule has 1 aliphatic heterocycles. The quantitative estimate of drug-likeness (QED) is 0.719. The summed E-state index contributed by atoms with van der Waals surface area (Å²) in [5.41, 5.74) is 6.40. The van der Waals surface area contributed by atoms with Crippen LogP contribution in [0, 0.1) is 0 Å². The Bertz CT molecular complexity index is 430. The van der Waals surface area contributed by atoms with E-state index < -0.39 is 11.6 Å². The van der Waals surface area contributed by atoms with Crippen LogP contribution in [0.1, 0.15) is 18.4 Å². The first kappa shape index (κ1) is 15.0. The average Bonchev–Trinajstić information content (AvgIpc) is 2.49. The van der Waals surface area contributed by atoms with E-state index in [0.717, 1.165) is 5.56 Å². The maximum absolute atomic E-state index is 12.2. The molecule has 20 heavy (non-hydrogen) atoms. The lowest BCUT2D eigenvalue weighted by atomic mass is 9.90. The number of hydrogen-bond acceptors (Lipinski definition) is 4. The first-order valence-electron chi connectivity index (χ1n) is 6.95. The molecule has 4 N–H and O–H groups in total. The predicted molar refractivity (Wildman–Crippen MR) is 76.1 cm³/mol. The normalized spacial score (nSPS) is 19.3. The van der Waals surface area contributed by atoms with Gasteiger partial charge < -0.3 is 20.9 Å². The van der Waals surface area contributed by atoms with Crippen LogP contribution >= 0.6 is 0 Å². The molecule has 1 aromatic rings. The van der Waals surface area contributed by atoms with E-state index in [1.54, 1.807) is 0 Å². The zero-order chi connectivity index (χ0) is 14.4. The highest BCUT2D eigenvalue weighted by molar-refractivity contribution is 5.82. The number of nitrogens with two attached hydrogens (primary N) is 1. The van der Waals surface area contributed by atoms with Crippen molar-refractivity contribution >= 4 is 5.91 Å². The number of ether oxygens (including phenoxy) is 1. The molecule has 5 heteroatoms. The molecule has 1 heterocycles. The molecule has 1 aromatic carbocycles. The minimum Gasteiger partial charge on any atom is -0.394 e. The minimum atomic E-state index is -0.608. The van der Waals surface area contributed by atoms with Gasteiger partial charge in [0, 0.05) is 13.2 Å². The summed E-state index contributed by atoms with van der Waals surface area (Å²) in [4.78, 5) is 12.2. The lowest BCUT2D eigenvalue weighted by Gasteiger charge is -2.37. The van der Waals surface area contributed by atoms with E-state index in [1.165, 1.54) is 0 Å². The second-order valence-corrected chi connectivity index (χ2v) is 5.34. The van der Waals surface area contributed by atoms with Crippen molar-refractivity contribution in [2.75, 3.05) is 19.8 Å². The number of carbonyl (C=O) groups excluding carboxylic acids is 1. The van der Waals surface area contributed by atoms with Crippen LogP contribution < -0.4 is 11.1 Å². The van der Waals surface area contributed by atoms with E-state index in [9.17, 15) is 9.90 Å². The van der Waals surface area contributed by atoms with E-state index >= 15 is 0 Å². The number of carbonyl (C=O) groups is 1. The third-order valence-corrected chi connectivity index (χ3v) is 3.78. The van der Waals surface area contributed by atoms with Crippen molar-refractivity contribution in [3.05, 3.63) is 35.9 Å². The largest absolute Gasteiger partial charge is 0.394 e. The summed E-state index contributed by atoms with van der Waals surface area (Å²) in [7, 11) is 0. The highest BCUT2D eigenvalue weighted by Gasteiger charge is 2.34. The topological polar surface area (TPSA) is 84.6 Å². The zero-order valence-electron chi connectivity index (χ0n) is 11.5. The number of aliphatic hydroxyl groups excluding tert-OH is 1. The van der Waals surface area contributed by atoms with Gasteiger partial charge in [-0.05, 0) is 24.8 Å². The maximum atomic E-state index is 12.2. The Morgan fingerprint density at radius 1 is 1.35 bits per heavy atom. The highest BCUT2D eigenvalue weighted by atomic mass is 16.5. The lowest BCUT2D eigenvalue weighted by Crippen LogP contribution is -2.58. The van der Waals surface area contributed by atoms with Gasteiger partial charge in [0.05, 0.1) is 18.2 Å². The second kappa shape index (κ2) is 6.83. The predicted octanol–water partition coefficient (Wildman–Crippen LogP) is 0.214. The van der Waals surface area contributed by atoms with E-state index in [0.29, 0.717) is 32.5 Å². The van der Waals surface area contributed by atoms with Gasteiger partial charge in [-0.15, -0.1) is 0 Å². The smallest absolute Gasteiger partial charge is 0.237 e. The van der Waals surface area contributed by atoms with Crippen molar-refractivity contribution in [1.29, 1.82) is 0 Å². The fourth-order valence-electron chi connectivity index (χ4n) is 2.40. The van der Waals surface area contributed by atoms with Crippen LogP contribution in [0.3, 0.4) is 0 Å². The molecule has 0 spiro atoms. The standard InChI is InChI=1S/C15H22N2O3/c16-13(10-12-4-2-1-3-5-12)14(19)17-15(11-18)6-8-20-9-7-15/h1-5,13,18H,6-11,16H2,(H,17,19). The Labute approximate surface area is 119 Å². The Kier molecular flexibility index (Phi) is 5.11. The van der Waals surface area contributed by atoms with Crippen molar-refractivity contribution in [3.8, 4) is 0 Å². The molecule has 1 unspecified atom stereocenters. The number of nitrogens with one attached hydrogen (secondary N) is 1. The van der Waals surface area contributed by atoms with Gasteiger partial charge in [-0.25, -0.2) is 0 Å². The maximum Gasteiger partial charge on any atom is 0.237 e. The molecule has 1 fully saturated rings. The Morgan fingerprint density at radius 3 is 2.60 bits per heavy atom. The minimum absolute atomic E-state index is 0.0832. The van der Waals surface area contributed by atoms with Crippen molar-refractivity contribution in [2.24, 2.45) is 5.73 Å². The number of hydrogen-bond donors (Lipinski definition) is 3. The van der Waals surface area contributed by atoms with Crippen LogP contribution in [-0.4, -0.2) is 42.4 Å². The number of aliphatic hydroxyl groups is 1. The third kappa shape index (κ3) is 3.79. The number of rotatable bonds is 5. The van der Waals surface area contributed by atoms with Gasteiger partial charge in [-0.3, -0.25) is 4.79 Å². The molecule has 0 radical (unpaired) electrons. The molecule has 5 nitrogen and oxygen atoms in total. The van der Waals surface area contributed by atoms with Crippen LogP contribution in [0.4, 0.5) is 0 Å². The summed E-state index contributed by atoms with van der Waals surface area (Å²) >= 11 is 0. The summed E-state index contributed by atoms with van der Waals surface area (Å²) in [6.07, 6.45) is 1.73. The summed E-state index contributed by atoms with van der Waals surface area (Å²) in [5, 5.41) is 12.5. The van der Waals surface area contributed by atoms with Crippen molar-refractivity contribution in [3.63, 3.8) is 0 Å². The third-order valence-electron chi connectivity index (χ3n) is 3.78. The molecular weight excluding hydrogens is 256 g/mol. The molecule has 0 saturated carbocycles. The van der Waals surface area contributed by atoms with Gasteiger partial charge >= 0.3 is 0 Å². The number of amides is 1. The van der Waals surface area contributed by atoms with E-state index in [-0.39, 0.29) is 12.5 Å². The van der Waals surface area contributed by atoms with E-state index in [4.69, 9.17) is 10.5 Å². The van der Waals surface area contributed by atoms with E-state index in [2.05, 4.69) is 5.32 Å². The van der Waals surface area contributed by atoms with Gasteiger partial charge in [0.2, 0.25) is 5.91 Å². The van der Waals surface area contributed by atoms with Crippen LogP contribution in [0.2, 0.25) is 0 Å². The molecule has 0 aliphatic carbocycles. The molecule has 110 valence electrons. The average molecular weight is 278 g/mol. The summed E-state index contributed by atoms with van der Waals surface area (Å²) in [6.45, 7) is 1.02. The van der Waals surface area contributed by atoms with Crippen LogP contribution in [0.25, 0.3) is 0 Å². The fraction of sp³-hybridized carbons (Fsp3) is 0.533. The molecule has 1 aliphatic rings. The molecule has 1 atom stereocenters. The first-order chi connectivity index (χ1) is 9.65. The fourth-order valence-corrected chi connectivity index (χ4v) is 2.40. The van der Waals surface area contributed by atoms with Crippen LogP contribution in [-0.2, 0) is 16.0 Å². The van der Waals surface area contributed by atoms with Gasteiger partial charge in [0.1, 0.15) is 0 Å². The Balaban J connectivity index is 1.93. The molecule has 1 amide bonds. The Hall–Kier alpha value is -1.43. The lowest BCUT2D eigenvalue weighted by molar-refractivity contribution is -0.126. The zero-order valence-corrected chi connectivity index (χ0v) is 11.5. The SMILES string of the molecule is NC(Cc1ccccc1)C(=O)NC1(CO)CCOCC1. The van der Waals surface area contributed by atoms with Crippen molar-refractivity contribution in [2.45, 2.75) is 30.8 Å². The number of benzene rings is 1. The van der Waals surface area contributed by atoms with E-state index in [1.807, 2.05) is 30.3 Å². The summed E-state index contributed by atoms with van der Waals surface area (Å²) < 4.78 is 5.27. The molecular formula is C15H22N2O3. The monoisotopic (exact) mass is 278 g/mol. The van der Waals surface area contributed by atoms with Gasteiger partial charge in [-0.2, -0.15) is 0 Å². The highest BCUT2D eigenvalue weighted by Crippen LogP contribution is 2.20. The summed E-state index contributed by atoms with van der Waals surface area (Å²) in [6, 6.07) is 9.06. The molecule has 0 bridgehead atoms. The van der Waals surface area contributed by atoms with Crippen molar-refractivity contribution < 1.29 is 14.6 Å². The molecule has 2 rings (SSSR count). The molecule has 1 saturated heterocycles. The summed E-state index contributed by atoms with van der Waals surface area (Å²) in [5.74, 6) is -0.218. The van der Waals surface area contributed by atoms with Gasteiger partial charge in [0.15, 0.2) is 0 Å². The van der Waals surface area contributed by atoms with Gasteiger partial charge in [-0.1, -0.05) is 30.3 Å².